The second kappa shape index (κ2) is 7.31. The van der Waals surface area contributed by atoms with Gasteiger partial charge in [0.05, 0.1) is 6.61 Å². The Kier molecular flexibility index (Phi) is 6.05. The highest BCUT2D eigenvalue weighted by Crippen LogP contribution is 2.18. The van der Waals surface area contributed by atoms with Crippen molar-refractivity contribution in [1.29, 1.82) is 0 Å². The molecule has 0 unspecified atom stereocenters. The van der Waals surface area contributed by atoms with E-state index >= 15 is 0 Å². The summed E-state index contributed by atoms with van der Waals surface area (Å²) >= 11 is 0. The van der Waals surface area contributed by atoms with E-state index in [0.29, 0.717) is 19.7 Å². The summed E-state index contributed by atoms with van der Waals surface area (Å²) in [5, 5.41) is 0. The molecule has 0 atom stereocenters. The van der Waals surface area contributed by atoms with Gasteiger partial charge >= 0.3 is 12.1 Å². The molecule has 0 saturated carbocycles. The van der Waals surface area contributed by atoms with E-state index in [1.807, 2.05) is 20.8 Å². The maximum absolute atomic E-state index is 12.1. The van der Waals surface area contributed by atoms with Crippen LogP contribution in [0, 0.1) is 0 Å². The highest BCUT2D eigenvalue weighted by atomic mass is 16.6. The fourth-order valence-electron chi connectivity index (χ4n) is 2.01. The van der Waals surface area contributed by atoms with Crippen LogP contribution in [0.15, 0.2) is 11.6 Å². The Hall–Kier alpha value is -1.52. The molecule has 1 fully saturated rings. The third-order valence-electron chi connectivity index (χ3n) is 2.83. The maximum atomic E-state index is 12.1. The Morgan fingerprint density at radius 3 is 2.60 bits per heavy atom. The van der Waals surface area contributed by atoms with Gasteiger partial charge in [0.1, 0.15) is 5.60 Å². The number of amides is 1. The summed E-state index contributed by atoms with van der Waals surface area (Å²) in [7, 11) is 0. The molecule has 0 aromatic rings. The summed E-state index contributed by atoms with van der Waals surface area (Å²) in [5.41, 5.74) is 0.417. The van der Waals surface area contributed by atoms with Crippen molar-refractivity contribution in [2.75, 3.05) is 19.7 Å². The summed E-state index contributed by atoms with van der Waals surface area (Å²) in [6.45, 7) is 8.77. The minimum absolute atomic E-state index is 0.325. The molecule has 1 heterocycles. The average molecular weight is 283 g/mol. The number of hydrogen-bond acceptors (Lipinski definition) is 4. The van der Waals surface area contributed by atoms with E-state index < -0.39 is 5.60 Å². The van der Waals surface area contributed by atoms with Crippen LogP contribution in [-0.2, 0) is 14.3 Å². The Balaban J connectivity index is 2.69. The molecule has 5 heteroatoms. The maximum Gasteiger partial charge on any atom is 0.410 e. The third-order valence-corrected chi connectivity index (χ3v) is 2.83. The molecule has 5 nitrogen and oxygen atoms in total. The van der Waals surface area contributed by atoms with Gasteiger partial charge in [-0.15, -0.1) is 0 Å². The molecule has 0 spiro atoms. The number of carbonyl (C=O) groups is 2. The van der Waals surface area contributed by atoms with Gasteiger partial charge in [-0.2, -0.15) is 0 Å². The molecule has 114 valence electrons. The number of ether oxygens (including phenoxy) is 2. The van der Waals surface area contributed by atoms with Crippen LogP contribution >= 0.6 is 0 Å². The van der Waals surface area contributed by atoms with Gasteiger partial charge < -0.3 is 14.4 Å². The molecule has 0 aromatic heterocycles. The van der Waals surface area contributed by atoms with E-state index in [1.54, 1.807) is 11.8 Å². The molecule has 0 N–H and O–H groups in total. The Morgan fingerprint density at radius 2 is 2.00 bits per heavy atom. The first-order valence-corrected chi connectivity index (χ1v) is 7.16. The standard InChI is InChI=1S/C15H25NO4/c1-5-19-13(17)10-12-8-6-7-9-16(11-12)14(18)20-15(2,3)4/h10H,5-9,11H2,1-4H3/b12-10+. The van der Waals surface area contributed by atoms with Crippen molar-refractivity contribution >= 4 is 12.1 Å². The van der Waals surface area contributed by atoms with Gasteiger partial charge in [0, 0.05) is 19.2 Å². The van der Waals surface area contributed by atoms with Crippen molar-refractivity contribution in [3.8, 4) is 0 Å². The van der Waals surface area contributed by atoms with E-state index in [2.05, 4.69) is 0 Å². The first-order chi connectivity index (χ1) is 9.31. The smallest absolute Gasteiger partial charge is 0.410 e. The zero-order valence-corrected chi connectivity index (χ0v) is 12.9. The van der Waals surface area contributed by atoms with Crippen LogP contribution in [0.3, 0.4) is 0 Å². The number of carbonyl (C=O) groups excluding carboxylic acids is 2. The summed E-state index contributed by atoms with van der Waals surface area (Å²) in [6, 6.07) is 0. The summed E-state index contributed by atoms with van der Waals surface area (Å²) < 4.78 is 10.3. The van der Waals surface area contributed by atoms with Gasteiger partial charge in [-0.1, -0.05) is 0 Å². The number of hydrogen-bond donors (Lipinski definition) is 0. The lowest BCUT2D eigenvalue weighted by Crippen LogP contribution is -2.37. The SMILES string of the molecule is CCOC(=O)/C=C1\CCCCN(C(=O)OC(C)(C)C)C1. The predicted molar refractivity (Wildman–Crippen MR) is 76.4 cm³/mol. The number of rotatable bonds is 2. The van der Waals surface area contributed by atoms with E-state index in [0.717, 1.165) is 24.8 Å². The molecule has 0 aromatic carbocycles. The minimum atomic E-state index is -0.506. The quantitative estimate of drug-likeness (QED) is 0.577. The van der Waals surface area contributed by atoms with Crippen molar-refractivity contribution in [3.05, 3.63) is 11.6 Å². The van der Waals surface area contributed by atoms with E-state index in [1.165, 1.54) is 6.08 Å². The van der Waals surface area contributed by atoms with Crippen molar-refractivity contribution in [2.45, 2.75) is 52.6 Å². The lowest BCUT2D eigenvalue weighted by atomic mass is 10.1. The number of nitrogens with zero attached hydrogens (tertiary/aromatic N) is 1. The second-order valence-corrected chi connectivity index (χ2v) is 5.91. The molecule has 1 amide bonds. The Labute approximate surface area is 120 Å². The van der Waals surface area contributed by atoms with Crippen LogP contribution in [0.4, 0.5) is 4.79 Å². The van der Waals surface area contributed by atoms with Gasteiger partial charge in [0.15, 0.2) is 0 Å². The largest absolute Gasteiger partial charge is 0.463 e. The zero-order chi connectivity index (χ0) is 15.2. The summed E-state index contributed by atoms with van der Waals surface area (Å²) in [5.74, 6) is -0.339. The topological polar surface area (TPSA) is 55.8 Å². The Morgan fingerprint density at radius 1 is 1.30 bits per heavy atom. The molecule has 0 bridgehead atoms. The average Bonchev–Trinajstić information content (AvgIpc) is 2.52. The zero-order valence-electron chi connectivity index (χ0n) is 12.9. The van der Waals surface area contributed by atoms with Gasteiger partial charge in [-0.3, -0.25) is 0 Å². The Bertz CT molecular complexity index is 382. The lowest BCUT2D eigenvalue weighted by molar-refractivity contribution is -0.137. The van der Waals surface area contributed by atoms with Crippen LogP contribution < -0.4 is 0 Å². The highest BCUT2D eigenvalue weighted by molar-refractivity contribution is 5.83. The van der Waals surface area contributed by atoms with E-state index in [9.17, 15) is 9.59 Å². The van der Waals surface area contributed by atoms with E-state index in [4.69, 9.17) is 9.47 Å². The van der Waals surface area contributed by atoms with Gasteiger partial charge in [0.2, 0.25) is 0 Å². The molecule has 0 aliphatic carbocycles. The molecule has 0 radical (unpaired) electrons. The molecule has 20 heavy (non-hydrogen) atoms. The van der Waals surface area contributed by atoms with E-state index in [-0.39, 0.29) is 12.1 Å². The van der Waals surface area contributed by atoms with Crippen molar-refractivity contribution < 1.29 is 19.1 Å². The van der Waals surface area contributed by atoms with Crippen LogP contribution in [0.5, 0.6) is 0 Å². The highest BCUT2D eigenvalue weighted by Gasteiger charge is 2.24. The fourth-order valence-corrected chi connectivity index (χ4v) is 2.01. The van der Waals surface area contributed by atoms with Crippen molar-refractivity contribution in [1.82, 2.24) is 4.90 Å². The van der Waals surface area contributed by atoms with Crippen molar-refractivity contribution in [3.63, 3.8) is 0 Å². The summed E-state index contributed by atoms with van der Waals surface area (Å²) in [6.07, 6.45) is 3.88. The fraction of sp³-hybridized carbons (Fsp3) is 0.733. The molecule has 1 saturated heterocycles. The molecule has 1 aliphatic heterocycles. The van der Waals surface area contributed by atoms with Crippen LogP contribution in [-0.4, -0.2) is 42.3 Å². The summed E-state index contributed by atoms with van der Waals surface area (Å²) in [4.78, 5) is 25.2. The van der Waals surface area contributed by atoms with Gasteiger partial charge in [-0.05, 0) is 52.5 Å². The lowest BCUT2D eigenvalue weighted by Gasteiger charge is -2.26. The van der Waals surface area contributed by atoms with Crippen LogP contribution in [0.2, 0.25) is 0 Å². The first kappa shape index (κ1) is 16.5. The van der Waals surface area contributed by atoms with Crippen LogP contribution in [0.25, 0.3) is 0 Å². The number of esters is 1. The van der Waals surface area contributed by atoms with Gasteiger partial charge in [-0.25, -0.2) is 9.59 Å². The van der Waals surface area contributed by atoms with Gasteiger partial charge in [0.25, 0.3) is 0 Å². The molecule has 1 aliphatic rings. The predicted octanol–water partition coefficient (Wildman–Crippen LogP) is 2.90. The normalized spacial score (nSPS) is 18.6. The molecular weight excluding hydrogens is 258 g/mol. The van der Waals surface area contributed by atoms with Crippen LogP contribution in [0.1, 0.15) is 47.0 Å². The monoisotopic (exact) mass is 283 g/mol. The number of likely N-dealkylation sites (tertiary alicyclic amines) is 1. The molecule has 1 rings (SSSR count). The second-order valence-electron chi connectivity index (χ2n) is 5.91. The first-order valence-electron chi connectivity index (χ1n) is 7.16. The third kappa shape index (κ3) is 6.08. The minimum Gasteiger partial charge on any atom is -0.463 e. The molecular formula is C15H25NO4. The van der Waals surface area contributed by atoms with Crippen molar-refractivity contribution in [2.24, 2.45) is 0 Å².